The van der Waals surface area contributed by atoms with Crippen molar-refractivity contribution in [3.63, 3.8) is 0 Å². The van der Waals surface area contributed by atoms with E-state index in [0.717, 1.165) is 11.6 Å². The Hall–Kier alpha value is -1.88. The number of rotatable bonds is 2. The van der Waals surface area contributed by atoms with E-state index in [-0.39, 0.29) is 5.56 Å². The van der Waals surface area contributed by atoms with Gasteiger partial charge in [-0.1, -0.05) is 0 Å². The zero-order valence-corrected chi connectivity index (χ0v) is 8.49. The first-order valence-corrected chi connectivity index (χ1v) is 4.68. The molecule has 1 heterocycles. The number of aryl methyl sites for hydroxylation is 1. The van der Waals surface area contributed by atoms with Crippen molar-refractivity contribution >= 4 is 16.9 Å². The van der Waals surface area contributed by atoms with Crippen molar-refractivity contribution in [1.29, 1.82) is 0 Å². The topological polar surface area (TPSA) is 73.3 Å². The van der Waals surface area contributed by atoms with Crippen LogP contribution in [-0.2, 0) is 4.79 Å². The number of aliphatic hydroxyl groups excluding tert-OH is 1. The van der Waals surface area contributed by atoms with E-state index in [1.807, 2.05) is 0 Å². The molecule has 0 amide bonds. The van der Waals surface area contributed by atoms with E-state index in [2.05, 4.69) is 4.98 Å². The Morgan fingerprint density at radius 2 is 2.19 bits per heavy atom. The Bertz CT molecular complexity index is 562. The first-order chi connectivity index (χ1) is 7.50. The smallest absolute Gasteiger partial charge is 0.337 e. The van der Waals surface area contributed by atoms with Gasteiger partial charge in [0.05, 0.1) is 5.52 Å². The van der Waals surface area contributed by atoms with E-state index in [0.29, 0.717) is 10.9 Å². The van der Waals surface area contributed by atoms with Crippen LogP contribution < -0.4 is 0 Å². The molecule has 5 heteroatoms. The molecular formula is C11H10FNO3. The number of aliphatic carboxylic acids is 1. The first-order valence-electron chi connectivity index (χ1n) is 4.68. The lowest BCUT2D eigenvalue weighted by Crippen LogP contribution is -2.10. The summed E-state index contributed by atoms with van der Waals surface area (Å²) in [5.41, 5.74) is 1.16. The molecule has 0 aliphatic carbocycles. The summed E-state index contributed by atoms with van der Waals surface area (Å²) < 4.78 is 13.5. The summed E-state index contributed by atoms with van der Waals surface area (Å²) in [6.07, 6.45) is -0.0711. The summed E-state index contributed by atoms with van der Waals surface area (Å²) in [5.74, 6) is -1.96. The van der Waals surface area contributed by atoms with Gasteiger partial charge in [0.15, 0.2) is 6.10 Å². The fourth-order valence-corrected chi connectivity index (χ4v) is 1.64. The second-order valence-corrected chi connectivity index (χ2v) is 3.64. The van der Waals surface area contributed by atoms with Gasteiger partial charge in [-0.2, -0.15) is 0 Å². The number of aromatic nitrogens is 1. The normalized spacial score (nSPS) is 12.9. The lowest BCUT2D eigenvalue weighted by Gasteiger charge is -2.06. The van der Waals surface area contributed by atoms with Crippen LogP contribution in [0, 0.1) is 12.7 Å². The molecule has 1 aromatic carbocycles. The maximum atomic E-state index is 13.5. The lowest BCUT2D eigenvalue weighted by molar-refractivity contribution is -0.146. The van der Waals surface area contributed by atoms with Gasteiger partial charge in [-0.15, -0.1) is 0 Å². The molecule has 16 heavy (non-hydrogen) atoms. The molecule has 1 aromatic heterocycles. The highest BCUT2D eigenvalue weighted by Crippen LogP contribution is 2.25. The minimum absolute atomic E-state index is 0.0419. The highest BCUT2D eigenvalue weighted by molar-refractivity contribution is 5.86. The fraction of sp³-hybridized carbons (Fsp3) is 0.182. The van der Waals surface area contributed by atoms with Gasteiger partial charge in [0.2, 0.25) is 0 Å². The van der Waals surface area contributed by atoms with Crippen LogP contribution in [0.1, 0.15) is 17.2 Å². The summed E-state index contributed by atoms with van der Waals surface area (Å²) in [7, 11) is 0. The standard InChI is InChI=1S/C11H10FNO3/c1-5-4-13-9-7(5)2-6(3-8(9)12)10(14)11(15)16/h2-4,10,13-14H,1H3,(H,15,16). The van der Waals surface area contributed by atoms with Gasteiger partial charge in [0, 0.05) is 11.6 Å². The first kappa shape index (κ1) is 10.6. The number of hydrogen-bond acceptors (Lipinski definition) is 2. The second-order valence-electron chi connectivity index (χ2n) is 3.64. The Labute approximate surface area is 90.3 Å². The number of carboxylic acids is 1. The van der Waals surface area contributed by atoms with Gasteiger partial charge < -0.3 is 15.2 Å². The maximum Gasteiger partial charge on any atom is 0.337 e. The third-order valence-corrected chi connectivity index (χ3v) is 2.52. The van der Waals surface area contributed by atoms with Crippen LogP contribution in [0.3, 0.4) is 0 Å². The van der Waals surface area contributed by atoms with Crippen molar-refractivity contribution in [3.05, 3.63) is 35.3 Å². The maximum absolute atomic E-state index is 13.5. The molecule has 2 rings (SSSR count). The quantitative estimate of drug-likeness (QED) is 0.725. The molecule has 2 aromatic rings. The van der Waals surface area contributed by atoms with Crippen LogP contribution in [-0.4, -0.2) is 21.2 Å². The number of hydrogen-bond donors (Lipinski definition) is 3. The average molecular weight is 223 g/mol. The SMILES string of the molecule is Cc1c[nH]c2c(F)cc(C(O)C(=O)O)cc12. The number of carboxylic acid groups (broad SMARTS) is 1. The van der Waals surface area contributed by atoms with E-state index in [9.17, 15) is 14.3 Å². The summed E-state index contributed by atoms with van der Waals surface area (Å²) in [6, 6.07) is 2.50. The number of fused-ring (bicyclic) bond motifs is 1. The number of nitrogens with one attached hydrogen (secondary N) is 1. The van der Waals surface area contributed by atoms with Crippen molar-refractivity contribution < 1.29 is 19.4 Å². The summed E-state index contributed by atoms with van der Waals surface area (Å²) in [4.78, 5) is 13.3. The highest BCUT2D eigenvalue weighted by Gasteiger charge is 2.18. The number of benzene rings is 1. The number of H-pyrrole nitrogens is 1. The van der Waals surface area contributed by atoms with Crippen molar-refractivity contribution in [2.45, 2.75) is 13.0 Å². The van der Waals surface area contributed by atoms with Crippen LogP contribution in [0.15, 0.2) is 18.3 Å². The number of carbonyl (C=O) groups is 1. The van der Waals surface area contributed by atoms with Gasteiger partial charge >= 0.3 is 5.97 Å². The van der Waals surface area contributed by atoms with Crippen LogP contribution >= 0.6 is 0 Å². The largest absolute Gasteiger partial charge is 0.479 e. The van der Waals surface area contributed by atoms with Crippen LogP contribution in [0.2, 0.25) is 0 Å². The summed E-state index contributed by atoms with van der Waals surface area (Å²) in [5, 5.41) is 18.6. The molecule has 84 valence electrons. The van der Waals surface area contributed by atoms with Crippen molar-refractivity contribution in [2.75, 3.05) is 0 Å². The Kier molecular flexibility index (Phi) is 2.40. The van der Waals surface area contributed by atoms with Crippen LogP contribution in [0.25, 0.3) is 10.9 Å². The van der Waals surface area contributed by atoms with Crippen molar-refractivity contribution in [1.82, 2.24) is 4.98 Å². The van der Waals surface area contributed by atoms with Gasteiger partial charge in [0.25, 0.3) is 0 Å². The number of aliphatic hydroxyl groups is 1. The molecule has 0 radical (unpaired) electrons. The van der Waals surface area contributed by atoms with E-state index in [1.54, 1.807) is 13.1 Å². The zero-order chi connectivity index (χ0) is 11.9. The van der Waals surface area contributed by atoms with Crippen LogP contribution in [0.4, 0.5) is 4.39 Å². The van der Waals surface area contributed by atoms with Gasteiger partial charge in [-0.3, -0.25) is 0 Å². The predicted molar refractivity (Wildman–Crippen MR) is 55.6 cm³/mol. The molecule has 1 atom stereocenters. The Balaban J connectivity index is 2.65. The molecule has 0 saturated heterocycles. The third-order valence-electron chi connectivity index (χ3n) is 2.52. The zero-order valence-electron chi connectivity index (χ0n) is 8.49. The third kappa shape index (κ3) is 1.55. The van der Waals surface area contributed by atoms with E-state index in [1.165, 1.54) is 6.07 Å². The Morgan fingerprint density at radius 3 is 2.81 bits per heavy atom. The number of halogens is 1. The minimum Gasteiger partial charge on any atom is -0.479 e. The monoisotopic (exact) mass is 223 g/mol. The molecule has 3 N–H and O–H groups in total. The predicted octanol–water partition coefficient (Wildman–Crippen LogP) is 1.73. The lowest BCUT2D eigenvalue weighted by atomic mass is 10.1. The molecule has 0 bridgehead atoms. The van der Waals surface area contributed by atoms with E-state index < -0.39 is 17.9 Å². The molecule has 0 saturated carbocycles. The fourth-order valence-electron chi connectivity index (χ4n) is 1.64. The molecular weight excluding hydrogens is 213 g/mol. The molecule has 1 unspecified atom stereocenters. The minimum atomic E-state index is -1.70. The molecule has 0 fully saturated rings. The van der Waals surface area contributed by atoms with Crippen molar-refractivity contribution in [2.24, 2.45) is 0 Å². The van der Waals surface area contributed by atoms with Gasteiger partial charge in [-0.05, 0) is 30.2 Å². The molecule has 0 aliphatic rings. The van der Waals surface area contributed by atoms with Gasteiger partial charge in [0.1, 0.15) is 5.82 Å². The molecule has 4 nitrogen and oxygen atoms in total. The number of aromatic amines is 1. The van der Waals surface area contributed by atoms with E-state index >= 15 is 0 Å². The second kappa shape index (κ2) is 3.61. The average Bonchev–Trinajstić information content (AvgIpc) is 2.60. The van der Waals surface area contributed by atoms with Crippen LogP contribution in [0.5, 0.6) is 0 Å². The molecule has 0 spiro atoms. The summed E-state index contributed by atoms with van der Waals surface area (Å²) >= 11 is 0. The van der Waals surface area contributed by atoms with Crippen molar-refractivity contribution in [3.8, 4) is 0 Å². The Morgan fingerprint density at radius 1 is 1.50 bits per heavy atom. The highest BCUT2D eigenvalue weighted by atomic mass is 19.1. The van der Waals surface area contributed by atoms with E-state index in [4.69, 9.17) is 5.11 Å². The summed E-state index contributed by atoms with van der Waals surface area (Å²) in [6.45, 7) is 1.77. The molecule has 0 aliphatic heterocycles. The van der Waals surface area contributed by atoms with Gasteiger partial charge in [-0.25, -0.2) is 9.18 Å².